The Labute approximate surface area is 187 Å². The summed E-state index contributed by atoms with van der Waals surface area (Å²) < 4.78 is 0. The van der Waals surface area contributed by atoms with Crippen molar-refractivity contribution in [1.29, 1.82) is 0 Å². The number of carbonyl (C=O) groups excluding carboxylic acids is 1. The zero-order valence-electron chi connectivity index (χ0n) is 17.5. The van der Waals surface area contributed by atoms with Gasteiger partial charge in [0.2, 0.25) is 5.91 Å². The highest BCUT2D eigenvalue weighted by Gasteiger charge is 2.45. The molecule has 3 aliphatic heterocycles. The van der Waals surface area contributed by atoms with Gasteiger partial charge in [0.25, 0.3) is 0 Å². The number of hydrogen-bond donors (Lipinski definition) is 2. The molecule has 0 aliphatic carbocycles. The fourth-order valence-electron chi connectivity index (χ4n) is 5.15. The third kappa shape index (κ3) is 6.08. The molecule has 1 unspecified atom stereocenters. The molecule has 3 saturated heterocycles. The van der Waals surface area contributed by atoms with E-state index in [0.717, 1.165) is 32.6 Å². The van der Waals surface area contributed by atoms with Crippen molar-refractivity contribution in [3.63, 3.8) is 0 Å². The van der Waals surface area contributed by atoms with Gasteiger partial charge < -0.3 is 10.6 Å². The molecular formula is C22H36Cl2N4O. The van der Waals surface area contributed by atoms with Crippen LogP contribution in [0.15, 0.2) is 24.3 Å². The lowest BCUT2D eigenvalue weighted by atomic mass is 9.77. The first-order chi connectivity index (χ1) is 13.1. The Hall–Kier alpha value is -0.850. The van der Waals surface area contributed by atoms with Gasteiger partial charge in [0.05, 0.1) is 6.04 Å². The molecule has 1 amide bonds. The van der Waals surface area contributed by atoms with Crippen LogP contribution in [-0.2, 0) is 17.9 Å². The van der Waals surface area contributed by atoms with E-state index in [1.54, 1.807) is 0 Å². The maximum Gasteiger partial charge on any atom is 0.237 e. The number of nitrogens with zero attached hydrogens (tertiary/aromatic N) is 2. The van der Waals surface area contributed by atoms with Gasteiger partial charge in [-0.25, -0.2) is 0 Å². The topological polar surface area (TPSA) is 47.6 Å². The van der Waals surface area contributed by atoms with E-state index in [1.807, 2.05) is 0 Å². The van der Waals surface area contributed by atoms with Crippen molar-refractivity contribution >= 4 is 30.7 Å². The SMILES string of the molecule is CN1CC2(CCNCC2)CC1C(=O)NCc1ccc(CN2CCCC2)cc1.Cl.Cl. The molecule has 4 rings (SSSR count). The van der Waals surface area contributed by atoms with E-state index in [9.17, 15) is 4.79 Å². The molecule has 0 aromatic heterocycles. The lowest BCUT2D eigenvalue weighted by molar-refractivity contribution is -0.125. The van der Waals surface area contributed by atoms with Crippen molar-refractivity contribution in [3.8, 4) is 0 Å². The zero-order valence-corrected chi connectivity index (χ0v) is 19.1. The van der Waals surface area contributed by atoms with E-state index < -0.39 is 0 Å². The van der Waals surface area contributed by atoms with Crippen molar-refractivity contribution in [3.05, 3.63) is 35.4 Å². The smallest absolute Gasteiger partial charge is 0.237 e. The van der Waals surface area contributed by atoms with Gasteiger partial charge in [0.15, 0.2) is 0 Å². The Morgan fingerprint density at radius 2 is 1.72 bits per heavy atom. The summed E-state index contributed by atoms with van der Waals surface area (Å²) in [5, 5.41) is 6.63. The van der Waals surface area contributed by atoms with E-state index in [-0.39, 0.29) is 36.8 Å². The Morgan fingerprint density at radius 3 is 2.38 bits per heavy atom. The zero-order chi connectivity index (χ0) is 18.7. The Morgan fingerprint density at radius 1 is 1.10 bits per heavy atom. The summed E-state index contributed by atoms with van der Waals surface area (Å²) in [5.74, 6) is 0.189. The van der Waals surface area contributed by atoms with Gasteiger partial charge in [-0.15, -0.1) is 24.8 Å². The van der Waals surface area contributed by atoms with Gasteiger partial charge in [-0.3, -0.25) is 14.6 Å². The summed E-state index contributed by atoms with van der Waals surface area (Å²) in [7, 11) is 2.11. The summed E-state index contributed by atoms with van der Waals surface area (Å²) >= 11 is 0. The van der Waals surface area contributed by atoms with Crippen LogP contribution < -0.4 is 10.6 Å². The third-order valence-corrected chi connectivity index (χ3v) is 6.80. The number of halogens is 2. The second-order valence-electron chi connectivity index (χ2n) is 8.90. The van der Waals surface area contributed by atoms with Crippen LogP contribution in [0.1, 0.15) is 43.2 Å². The summed E-state index contributed by atoms with van der Waals surface area (Å²) in [5.41, 5.74) is 2.90. The van der Waals surface area contributed by atoms with Crippen LogP contribution in [0.3, 0.4) is 0 Å². The highest BCUT2D eigenvalue weighted by molar-refractivity contribution is 5.85. The highest BCUT2D eigenvalue weighted by atomic mass is 35.5. The monoisotopic (exact) mass is 442 g/mol. The molecule has 2 N–H and O–H groups in total. The molecule has 1 spiro atoms. The van der Waals surface area contributed by atoms with E-state index in [2.05, 4.69) is 51.7 Å². The van der Waals surface area contributed by atoms with Crippen LogP contribution in [0.5, 0.6) is 0 Å². The molecule has 3 heterocycles. The first-order valence-corrected chi connectivity index (χ1v) is 10.6. The molecule has 0 saturated carbocycles. The first kappa shape index (κ1) is 24.4. The largest absolute Gasteiger partial charge is 0.351 e. The summed E-state index contributed by atoms with van der Waals surface area (Å²) in [4.78, 5) is 17.6. The number of amides is 1. The average Bonchev–Trinajstić information content (AvgIpc) is 3.29. The molecule has 29 heavy (non-hydrogen) atoms. The van der Waals surface area contributed by atoms with Crippen LogP contribution in [0, 0.1) is 5.41 Å². The molecule has 3 fully saturated rings. The normalized spacial score (nSPS) is 24.1. The van der Waals surface area contributed by atoms with Crippen molar-refractivity contribution in [2.45, 2.75) is 51.2 Å². The van der Waals surface area contributed by atoms with E-state index in [0.29, 0.717) is 12.0 Å². The van der Waals surface area contributed by atoms with Crippen molar-refractivity contribution in [2.75, 3.05) is 39.8 Å². The lowest BCUT2D eigenvalue weighted by Gasteiger charge is -2.33. The molecular weight excluding hydrogens is 407 g/mol. The van der Waals surface area contributed by atoms with Gasteiger partial charge in [-0.05, 0) is 81.9 Å². The molecule has 3 aliphatic rings. The van der Waals surface area contributed by atoms with Crippen molar-refractivity contribution in [2.24, 2.45) is 5.41 Å². The minimum atomic E-state index is 0. The minimum Gasteiger partial charge on any atom is -0.351 e. The second kappa shape index (κ2) is 11.0. The quantitative estimate of drug-likeness (QED) is 0.735. The van der Waals surface area contributed by atoms with Crippen molar-refractivity contribution < 1.29 is 4.79 Å². The summed E-state index contributed by atoms with van der Waals surface area (Å²) in [6.07, 6.45) is 6.06. The maximum absolute atomic E-state index is 12.8. The minimum absolute atomic E-state index is 0. The van der Waals surface area contributed by atoms with Gasteiger partial charge >= 0.3 is 0 Å². The third-order valence-electron chi connectivity index (χ3n) is 6.80. The number of nitrogens with one attached hydrogen (secondary N) is 2. The molecule has 1 aromatic carbocycles. The first-order valence-electron chi connectivity index (χ1n) is 10.6. The Balaban J connectivity index is 0.00000150. The Bertz CT molecular complexity index is 643. The van der Waals surface area contributed by atoms with Crippen molar-refractivity contribution in [1.82, 2.24) is 20.4 Å². The van der Waals surface area contributed by atoms with E-state index in [4.69, 9.17) is 0 Å². The number of piperidine rings is 1. The molecule has 1 aromatic rings. The number of carbonyl (C=O) groups is 1. The fraction of sp³-hybridized carbons (Fsp3) is 0.682. The molecule has 0 radical (unpaired) electrons. The van der Waals surface area contributed by atoms with Crippen LogP contribution in [0.25, 0.3) is 0 Å². The average molecular weight is 443 g/mol. The molecule has 5 nitrogen and oxygen atoms in total. The van der Waals surface area contributed by atoms with Gasteiger partial charge in [-0.2, -0.15) is 0 Å². The number of benzene rings is 1. The van der Waals surface area contributed by atoms with Gasteiger partial charge in [0, 0.05) is 19.6 Å². The molecule has 164 valence electrons. The maximum atomic E-state index is 12.8. The van der Waals surface area contributed by atoms with Gasteiger partial charge in [-0.1, -0.05) is 24.3 Å². The van der Waals surface area contributed by atoms with E-state index in [1.165, 1.54) is 49.9 Å². The van der Waals surface area contributed by atoms with Gasteiger partial charge in [0.1, 0.15) is 0 Å². The van der Waals surface area contributed by atoms with E-state index >= 15 is 0 Å². The van der Waals surface area contributed by atoms with Crippen LogP contribution >= 0.6 is 24.8 Å². The number of hydrogen-bond acceptors (Lipinski definition) is 4. The lowest BCUT2D eigenvalue weighted by Crippen LogP contribution is -2.41. The van der Waals surface area contributed by atoms with Crippen LogP contribution in [-0.4, -0.2) is 61.5 Å². The summed E-state index contributed by atoms with van der Waals surface area (Å²) in [6.45, 7) is 7.36. The molecule has 7 heteroatoms. The molecule has 0 bridgehead atoms. The molecule has 1 atom stereocenters. The second-order valence-corrected chi connectivity index (χ2v) is 8.90. The fourth-order valence-corrected chi connectivity index (χ4v) is 5.15. The number of rotatable bonds is 5. The Kier molecular flexibility index (Phi) is 9.23. The number of likely N-dealkylation sites (tertiary alicyclic amines) is 2. The summed E-state index contributed by atoms with van der Waals surface area (Å²) in [6, 6.07) is 8.78. The predicted octanol–water partition coefficient (Wildman–Crippen LogP) is 2.82. The standard InChI is InChI=1S/C22H34N4O.2ClH/c1-25-17-22(8-10-23-11-9-22)14-20(25)21(27)24-15-18-4-6-19(7-5-18)16-26-12-2-3-13-26;;/h4-7,20,23H,2-3,8-17H2,1H3,(H,24,27);2*1H. The highest BCUT2D eigenvalue weighted by Crippen LogP contribution is 2.41. The predicted molar refractivity (Wildman–Crippen MR) is 123 cm³/mol. The number of likely N-dealkylation sites (N-methyl/N-ethyl adjacent to an activating group) is 1. The van der Waals surface area contributed by atoms with Crippen LogP contribution in [0.4, 0.5) is 0 Å². The van der Waals surface area contributed by atoms with Crippen LogP contribution in [0.2, 0.25) is 0 Å².